The number of aromatic nitrogens is 4. The first-order valence-corrected chi connectivity index (χ1v) is 12.3. The molecule has 0 aliphatic rings. The summed E-state index contributed by atoms with van der Waals surface area (Å²) in [5.74, 6) is -0.332. The minimum Gasteiger partial charge on any atom is -0.497 e. The summed E-state index contributed by atoms with van der Waals surface area (Å²) in [6.07, 6.45) is 0. The molecule has 0 bridgehead atoms. The van der Waals surface area contributed by atoms with Crippen molar-refractivity contribution < 1.29 is 9.53 Å². The lowest BCUT2D eigenvalue weighted by molar-refractivity contribution is -0.116. The van der Waals surface area contributed by atoms with E-state index in [-0.39, 0.29) is 11.5 Å². The zero-order valence-corrected chi connectivity index (χ0v) is 20.1. The van der Waals surface area contributed by atoms with Crippen LogP contribution in [0.1, 0.15) is 16.5 Å². The minimum absolute atomic E-state index is 0.0820. The van der Waals surface area contributed by atoms with Crippen LogP contribution < -0.4 is 4.74 Å². The van der Waals surface area contributed by atoms with Crippen LogP contribution in [-0.4, -0.2) is 38.2 Å². The zero-order chi connectivity index (χ0) is 23.7. The molecular formula is C25H19N5O2S2. The van der Waals surface area contributed by atoms with Gasteiger partial charge in [0.05, 0.1) is 30.1 Å². The maximum atomic E-state index is 13.0. The smallest absolute Gasteiger partial charge is 0.196 e. The Morgan fingerprint density at radius 3 is 2.79 bits per heavy atom. The topological polar surface area (TPSA) is 93.2 Å². The summed E-state index contributed by atoms with van der Waals surface area (Å²) in [7, 11) is 1.62. The van der Waals surface area contributed by atoms with Crippen molar-refractivity contribution >= 4 is 45.4 Å². The molecule has 168 valence electrons. The van der Waals surface area contributed by atoms with Crippen molar-refractivity contribution in [1.82, 2.24) is 19.6 Å². The highest BCUT2D eigenvalue weighted by Crippen LogP contribution is 2.31. The number of rotatable bonds is 7. The van der Waals surface area contributed by atoms with Gasteiger partial charge >= 0.3 is 0 Å². The van der Waals surface area contributed by atoms with Crippen LogP contribution in [0.3, 0.4) is 0 Å². The number of hydrogen-bond donors (Lipinski definition) is 0. The van der Waals surface area contributed by atoms with E-state index in [4.69, 9.17) is 4.74 Å². The quantitative estimate of drug-likeness (QED) is 0.289. The highest BCUT2D eigenvalue weighted by molar-refractivity contribution is 7.99. The number of ketones is 1. The molecule has 3 aromatic heterocycles. The number of nitrogens with zero attached hydrogens (tertiary/aromatic N) is 5. The predicted molar refractivity (Wildman–Crippen MR) is 133 cm³/mol. The number of hydrogen-bond acceptors (Lipinski definition) is 8. The Kier molecular flexibility index (Phi) is 6.01. The fourth-order valence-corrected chi connectivity index (χ4v) is 5.52. The van der Waals surface area contributed by atoms with Crippen LogP contribution >= 0.6 is 23.1 Å². The largest absolute Gasteiger partial charge is 0.497 e. The standard InChI is InChI=1S/C25H19N5O2S2/c1-15-10-23-28-29-25(30(23)21-11-17(32-2)8-9-18(15)21)34-14-22(31)19(12-26)24-27-20(13-33-24)16-6-4-3-5-7-16/h3-11,13,19H,14H2,1-2H3. The van der Waals surface area contributed by atoms with Crippen LogP contribution in [-0.2, 0) is 4.79 Å². The monoisotopic (exact) mass is 485 g/mol. The van der Waals surface area contributed by atoms with Crippen molar-refractivity contribution in [3.8, 4) is 23.1 Å². The molecule has 0 aliphatic carbocycles. The SMILES string of the molecule is COc1ccc2c(C)cc3nnc(SCC(=O)C(C#N)c4nc(-c5ccccc5)cs4)n3c2c1. The van der Waals surface area contributed by atoms with Crippen LogP contribution in [0.25, 0.3) is 27.8 Å². The van der Waals surface area contributed by atoms with E-state index in [0.29, 0.717) is 15.8 Å². The highest BCUT2D eigenvalue weighted by Gasteiger charge is 2.25. The first-order valence-electron chi connectivity index (χ1n) is 10.5. The summed E-state index contributed by atoms with van der Waals surface area (Å²) >= 11 is 2.59. The number of thioether (sulfide) groups is 1. The Hall–Kier alpha value is -3.74. The first kappa shape index (κ1) is 22.1. The first-order chi connectivity index (χ1) is 16.6. The van der Waals surface area contributed by atoms with Crippen molar-refractivity contribution in [2.45, 2.75) is 18.0 Å². The van der Waals surface area contributed by atoms with Crippen LogP contribution in [0.4, 0.5) is 0 Å². The number of ether oxygens (including phenoxy) is 1. The molecule has 0 saturated heterocycles. The molecule has 1 unspecified atom stereocenters. The highest BCUT2D eigenvalue weighted by atomic mass is 32.2. The number of carbonyl (C=O) groups is 1. The molecule has 5 rings (SSSR count). The fraction of sp³-hybridized carbons (Fsp3) is 0.160. The normalized spacial score (nSPS) is 12.0. The van der Waals surface area contributed by atoms with Crippen molar-refractivity contribution in [2.24, 2.45) is 0 Å². The second-order valence-electron chi connectivity index (χ2n) is 7.64. The Morgan fingerprint density at radius 1 is 1.21 bits per heavy atom. The van der Waals surface area contributed by atoms with Gasteiger partial charge in [-0.2, -0.15) is 5.26 Å². The number of pyridine rings is 1. The third-order valence-corrected chi connectivity index (χ3v) is 7.37. The Bertz CT molecular complexity index is 1550. The van der Waals surface area contributed by atoms with Crippen LogP contribution in [0.15, 0.2) is 65.1 Å². The van der Waals surface area contributed by atoms with Gasteiger partial charge in [-0.15, -0.1) is 21.5 Å². The van der Waals surface area contributed by atoms with E-state index in [2.05, 4.69) is 21.3 Å². The summed E-state index contributed by atoms with van der Waals surface area (Å²) in [6.45, 7) is 2.02. The number of methoxy groups -OCH3 is 1. The predicted octanol–water partition coefficient (Wildman–Crippen LogP) is 5.29. The molecule has 0 N–H and O–H groups in total. The van der Waals surface area contributed by atoms with Gasteiger partial charge in [0, 0.05) is 22.4 Å². The molecule has 5 aromatic rings. The molecule has 3 heterocycles. The van der Waals surface area contributed by atoms with Crippen molar-refractivity contribution in [3.63, 3.8) is 0 Å². The molecule has 0 aliphatic heterocycles. The number of carbonyl (C=O) groups excluding carboxylic acids is 1. The van der Waals surface area contributed by atoms with E-state index in [9.17, 15) is 10.1 Å². The number of Topliss-reactive ketones (excluding diaryl/α,β-unsaturated/α-hetero) is 1. The van der Waals surface area contributed by atoms with Gasteiger partial charge < -0.3 is 4.74 Å². The van der Waals surface area contributed by atoms with Gasteiger partial charge in [-0.1, -0.05) is 42.1 Å². The van der Waals surface area contributed by atoms with Gasteiger partial charge in [0.1, 0.15) is 10.8 Å². The van der Waals surface area contributed by atoms with Crippen LogP contribution in [0, 0.1) is 18.3 Å². The summed E-state index contributed by atoms with van der Waals surface area (Å²) in [5.41, 5.74) is 4.39. The van der Waals surface area contributed by atoms with Gasteiger partial charge in [-0.05, 0) is 30.7 Å². The number of thiazole rings is 1. The van der Waals surface area contributed by atoms with Gasteiger partial charge in [-0.25, -0.2) is 4.98 Å². The number of fused-ring (bicyclic) bond motifs is 3. The maximum Gasteiger partial charge on any atom is 0.196 e. The lowest BCUT2D eigenvalue weighted by Crippen LogP contribution is -2.13. The molecular weight excluding hydrogens is 466 g/mol. The van der Waals surface area contributed by atoms with Crippen molar-refractivity contribution in [3.05, 3.63) is 70.5 Å². The molecule has 9 heteroatoms. The van der Waals surface area contributed by atoms with Crippen LogP contribution in [0.5, 0.6) is 5.75 Å². The third-order valence-electron chi connectivity index (χ3n) is 5.51. The van der Waals surface area contributed by atoms with E-state index in [1.807, 2.05) is 71.3 Å². The zero-order valence-electron chi connectivity index (χ0n) is 18.4. The van der Waals surface area contributed by atoms with Gasteiger partial charge in [0.2, 0.25) is 0 Å². The molecule has 0 spiro atoms. The van der Waals surface area contributed by atoms with Crippen molar-refractivity contribution in [2.75, 3.05) is 12.9 Å². The second-order valence-corrected chi connectivity index (χ2v) is 9.47. The van der Waals surface area contributed by atoms with Crippen LogP contribution in [0.2, 0.25) is 0 Å². The van der Waals surface area contributed by atoms with E-state index in [1.54, 1.807) is 7.11 Å². The fourth-order valence-electron chi connectivity index (χ4n) is 3.77. The van der Waals surface area contributed by atoms with Crippen molar-refractivity contribution in [1.29, 1.82) is 5.26 Å². The number of aryl methyl sites for hydroxylation is 1. The Balaban J connectivity index is 1.41. The Labute approximate surface area is 204 Å². The van der Waals surface area contributed by atoms with E-state index in [1.165, 1.54) is 23.1 Å². The average Bonchev–Trinajstić information content (AvgIpc) is 3.51. The summed E-state index contributed by atoms with van der Waals surface area (Å²) in [6, 6.07) is 19.6. The molecule has 0 fully saturated rings. The maximum absolute atomic E-state index is 13.0. The van der Waals surface area contributed by atoms with E-state index >= 15 is 0 Å². The van der Waals surface area contributed by atoms with Gasteiger partial charge in [-0.3, -0.25) is 9.20 Å². The van der Waals surface area contributed by atoms with Gasteiger partial charge in [0.25, 0.3) is 0 Å². The minimum atomic E-state index is -0.923. The summed E-state index contributed by atoms with van der Waals surface area (Å²) in [4.78, 5) is 17.6. The average molecular weight is 486 g/mol. The Morgan fingerprint density at radius 2 is 2.03 bits per heavy atom. The third kappa shape index (κ3) is 4.02. The number of benzene rings is 2. The molecule has 1 atom stereocenters. The number of nitriles is 1. The second kappa shape index (κ2) is 9.25. The lowest BCUT2D eigenvalue weighted by atomic mass is 10.1. The lowest BCUT2D eigenvalue weighted by Gasteiger charge is -2.09. The molecule has 0 amide bonds. The summed E-state index contributed by atoms with van der Waals surface area (Å²) in [5, 5.41) is 22.3. The molecule has 0 radical (unpaired) electrons. The van der Waals surface area contributed by atoms with E-state index < -0.39 is 5.92 Å². The molecule has 0 saturated carbocycles. The van der Waals surface area contributed by atoms with Gasteiger partial charge in [0.15, 0.2) is 22.5 Å². The molecule has 7 nitrogen and oxygen atoms in total. The van der Waals surface area contributed by atoms with E-state index in [0.717, 1.165) is 33.5 Å². The molecule has 34 heavy (non-hydrogen) atoms. The summed E-state index contributed by atoms with van der Waals surface area (Å²) < 4.78 is 7.32. The molecule has 2 aromatic carbocycles.